The Bertz CT molecular complexity index is 1270. The van der Waals surface area contributed by atoms with Gasteiger partial charge in [0.2, 0.25) is 5.91 Å². The normalized spacial score (nSPS) is 15.5. The predicted molar refractivity (Wildman–Crippen MR) is 136 cm³/mol. The summed E-state index contributed by atoms with van der Waals surface area (Å²) in [6.07, 6.45) is -3.07. The summed E-state index contributed by atoms with van der Waals surface area (Å²) >= 11 is 0. The van der Waals surface area contributed by atoms with E-state index >= 15 is 0 Å². The van der Waals surface area contributed by atoms with Crippen molar-refractivity contribution >= 4 is 23.5 Å². The highest BCUT2D eigenvalue weighted by Crippen LogP contribution is 2.30. The number of benzene rings is 1. The molecule has 4 rings (SSSR count). The number of carboxylic acid groups (broad SMARTS) is 1. The molecule has 0 bridgehead atoms. The molecular weight excluding hydrogens is 536 g/mol. The molecule has 0 aliphatic carbocycles. The highest BCUT2D eigenvalue weighted by Gasteiger charge is 2.38. The number of halogens is 4. The smallest absolute Gasteiger partial charge is 0.487 e. The summed E-state index contributed by atoms with van der Waals surface area (Å²) in [5.41, 5.74) is 2.06. The minimum absolute atomic E-state index is 0.0469. The number of hydrogen-bond acceptors (Lipinski definition) is 8. The van der Waals surface area contributed by atoms with E-state index in [1.807, 2.05) is 6.07 Å². The first kappa shape index (κ1) is 30.4. The van der Waals surface area contributed by atoms with Gasteiger partial charge >= 0.3 is 12.1 Å². The van der Waals surface area contributed by atoms with Crippen LogP contribution < -0.4 is 15.0 Å². The second-order valence-electron chi connectivity index (χ2n) is 9.64. The van der Waals surface area contributed by atoms with Gasteiger partial charge in [-0.15, -0.1) is 0 Å². The summed E-state index contributed by atoms with van der Waals surface area (Å²) in [5, 5.41) is 19.4. The van der Waals surface area contributed by atoms with Gasteiger partial charge < -0.3 is 25.0 Å². The molecule has 2 aromatic rings. The molecule has 10 nitrogen and oxygen atoms in total. The summed E-state index contributed by atoms with van der Waals surface area (Å²) in [7, 11) is 0. The second kappa shape index (κ2) is 12.8. The third-order valence-electron chi connectivity index (χ3n) is 6.20. The lowest BCUT2D eigenvalue weighted by molar-refractivity contribution is -0.192. The molecule has 1 aromatic heterocycles. The number of carboxylic acids is 1. The lowest BCUT2D eigenvalue weighted by atomic mass is 10.1. The standard InChI is InChI=1S/C24H29FN6O2.C2HF3O2/c1-15(2)27-23-24(29-20-8-11-31(16(3)32)14-21(20)28-23)30-9-6-18(7-10-30)33-22-5-4-17(13-26)12-19(22)25;3-2(4,5)1(6)7/h4-5,12,15,18H,6-11,14H2,1-3H3,(H,27,28);(H,6,7). The van der Waals surface area contributed by atoms with Crippen LogP contribution >= 0.6 is 0 Å². The number of fused-ring (bicyclic) bond motifs is 1. The molecule has 216 valence electrons. The fraction of sp³-hybridized carbons (Fsp3) is 0.500. The van der Waals surface area contributed by atoms with E-state index in [-0.39, 0.29) is 29.4 Å². The number of nitriles is 1. The molecule has 0 saturated carbocycles. The fourth-order valence-corrected chi connectivity index (χ4v) is 4.21. The van der Waals surface area contributed by atoms with Crippen molar-refractivity contribution in [2.24, 2.45) is 0 Å². The molecule has 14 heteroatoms. The van der Waals surface area contributed by atoms with Crippen LogP contribution in [0.15, 0.2) is 18.2 Å². The van der Waals surface area contributed by atoms with E-state index in [0.29, 0.717) is 32.6 Å². The van der Waals surface area contributed by atoms with Crippen molar-refractivity contribution < 1.29 is 37.0 Å². The first-order valence-corrected chi connectivity index (χ1v) is 12.6. The summed E-state index contributed by atoms with van der Waals surface area (Å²) in [6, 6.07) is 6.39. The van der Waals surface area contributed by atoms with Crippen molar-refractivity contribution in [3.05, 3.63) is 41.0 Å². The molecule has 2 aliphatic rings. The van der Waals surface area contributed by atoms with Crippen molar-refractivity contribution in [2.75, 3.05) is 29.9 Å². The van der Waals surface area contributed by atoms with E-state index in [9.17, 15) is 22.4 Å². The zero-order valence-electron chi connectivity index (χ0n) is 22.3. The molecule has 0 radical (unpaired) electrons. The Labute approximate surface area is 228 Å². The Kier molecular flexibility index (Phi) is 9.73. The third-order valence-corrected chi connectivity index (χ3v) is 6.20. The summed E-state index contributed by atoms with van der Waals surface area (Å²) in [5.74, 6) is -1.50. The van der Waals surface area contributed by atoms with Crippen LogP contribution in [0.3, 0.4) is 0 Å². The average Bonchev–Trinajstić information content (AvgIpc) is 2.89. The van der Waals surface area contributed by atoms with E-state index in [0.717, 1.165) is 35.9 Å². The molecule has 1 amide bonds. The van der Waals surface area contributed by atoms with Crippen LogP contribution in [0.1, 0.15) is 50.6 Å². The Morgan fingerprint density at radius 2 is 1.82 bits per heavy atom. The monoisotopic (exact) mass is 566 g/mol. The third kappa shape index (κ3) is 7.93. The number of nitrogens with zero attached hydrogens (tertiary/aromatic N) is 5. The lowest BCUT2D eigenvalue weighted by Crippen LogP contribution is -2.40. The molecule has 40 heavy (non-hydrogen) atoms. The molecular formula is C26H30F4N6O4. The van der Waals surface area contributed by atoms with Gasteiger partial charge in [0.05, 0.1) is 29.6 Å². The van der Waals surface area contributed by atoms with Crippen LogP contribution in [0.5, 0.6) is 5.75 Å². The molecule has 3 heterocycles. The quantitative estimate of drug-likeness (QED) is 0.518. The Balaban J connectivity index is 0.000000559. The number of piperidine rings is 1. The Morgan fingerprint density at radius 3 is 2.35 bits per heavy atom. The van der Waals surface area contributed by atoms with Crippen LogP contribution in [0.4, 0.5) is 29.2 Å². The number of carbonyl (C=O) groups excluding carboxylic acids is 1. The van der Waals surface area contributed by atoms with E-state index < -0.39 is 18.0 Å². The van der Waals surface area contributed by atoms with E-state index in [4.69, 9.17) is 29.9 Å². The zero-order chi connectivity index (χ0) is 29.6. The Hall–Kier alpha value is -4.15. The molecule has 1 aromatic carbocycles. The van der Waals surface area contributed by atoms with Crippen molar-refractivity contribution in [3.63, 3.8) is 0 Å². The maximum atomic E-state index is 14.2. The molecule has 0 spiro atoms. The number of ether oxygens (including phenoxy) is 1. The van der Waals surface area contributed by atoms with Gasteiger partial charge in [-0.1, -0.05) is 0 Å². The molecule has 1 saturated heterocycles. The summed E-state index contributed by atoms with van der Waals surface area (Å²) < 4.78 is 51.8. The number of rotatable bonds is 5. The first-order chi connectivity index (χ1) is 18.8. The van der Waals surface area contributed by atoms with Crippen molar-refractivity contribution in [1.82, 2.24) is 14.9 Å². The number of aliphatic carboxylic acids is 1. The molecule has 2 N–H and O–H groups in total. The molecule has 1 fully saturated rings. The van der Waals surface area contributed by atoms with E-state index in [1.54, 1.807) is 17.9 Å². The van der Waals surface area contributed by atoms with Crippen molar-refractivity contribution in [1.29, 1.82) is 5.26 Å². The van der Waals surface area contributed by atoms with Gasteiger partial charge in [-0.3, -0.25) is 4.79 Å². The minimum Gasteiger partial charge on any atom is -0.487 e. The van der Waals surface area contributed by atoms with Crippen LogP contribution in [0, 0.1) is 17.1 Å². The van der Waals surface area contributed by atoms with Crippen LogP contribution in [0.25, 0.3) is 0 Å². The molecule has 0 atom stereocenters. The Morgan fingerprint density at radius 1 is 1.18 bits per heavy atom. The van der Waals surface area contributed by atoms with E-state index in [1.165, 1.54) is 12.1 Å². The van der Waals surface area contributed by atoms with Gasteiger partial charge in [0.15, 0.2) is 23.2 Å². The van der Waals surface area contributed by atoms with Gasteiger partial charge in [-0.05, 0) is 32.0 Å². The summed E-state index contributed by atoms with van der Waals surface area (Å²) in [6.45, 7) is 8.25. The largest absolute Gasteiger partial charge is 0.490 e. The highest BCUT2D eigenvalue weighted by molar-refractivity contribution is 5.74. The maximum Gasteiger partial charge on any atom is 0.490 e. The first-order valence-electron chi connectivity index (χ1n) is 12.6. The SMILES string of the molecule is CC(=O)N1CCc2nc(N3CCC(Oc4ccc(C#N)cc4F)CC3)c(NC(C)C)nc2C1.O=C(O)C(F)(F)F. The molecule has 0 unspecified atom stereocenters. The van der Waals surface area contributed by atoms with Gasteiger partial charge in [-0.25, -0.2) is 19.2 Å². The van der Waals surface area contributed by atoms with Gasteiger partial charge in [0, 0.05) is 51.9 Å². The van der Waals surface area contributed by atoms with Crippen LogP contribution in [0.2, 0.25) is 0 Å². The number of hydrogen-bond donors (Lipinski definition) is 2. The average molecular weight is 567 g/mol. The van der Waals surface area contributed by atoms with Crippen LogP contribution in [-0.4, -0.2) is 69.8 Å². The van der Waals surface area contributed by atoms with Gasteiger partial charge in [0.1, 0.15) is 6.10 Å². The zero-order valence-corrected chi connectivity index (χ0v) is 22.3. The number of amides is 1. The number of anilines is 2. The number of carbonyl (C=O) groups is 2. The van der Waals surface area contributed by atoms with E-state index in [2.05, 4.69) is 24.1 Å². The molecule has 2 aliphatic heterocycles. The topological polar surface area (TPSA) is 132 Å². The van der Waals surface area contributed by atoms with Crippen LogP contribution in [-0.2, 0) is 22.6 Å². The lowest BCUT2D eigenvalue weighted by Gasteiger charge is -2.35. The predicted octanol–water partition coefficient (Wildman–Crippen LogP) is 3.89. The number of aromatic nitrogens is 2. The summed E-state index contributed by atoms with van der Waals surface area (Å²) in [4.78, 5) is 34.5. The maximum absolute atomic E-state index is 14.2. The van der Waals surface area contributed by atoms with Gasteiger partial charge in [0.25, 0.3) is 0 Å². The number of nitrogens with one attached hydrogen (secondary N) is 1. The van der Waals surface area contributed by atoms with Crippen molar-refractivity contribution in [3.8, 4) is 11.8 Å². The van der Waals surface area contributed by atoms with Crippen molar-refractivity contribution in [2.45, 2.75) is 64.9 Å². The van der Waals surface area contributed by atoms with Gasteiger partial charge in [-0.2, -0.15) is 18.4 Å². The fourth-order valence-electron chi connectivity index (χ4n) is 4.21. The number of alkyl halides is 3. The second-order valence-corrected chi connectivity index (χ2v) is 9.64. The minimum atomic E-state index is -5.08. The highest BCUT2D eigenvalue weighted by atomic mass is 19.4.